The summed E-state index contributed by atoms with van der Waals surface area (Å²) in [6.07, 6.45) is 1.85. The zero-order valence-corrected chi connectivity index (χ0v) is 22.8. The van der Waals surface area contributed by atoms with E-state index < -0.39 is 0 Å². The third-order valence-corrected chi connectivity index (χ3v) is 7.95. The van der Waals surface area contributed by atoms with Gasteiger partial charge in [0.1, 0.15) is 0 Å². The van der Waals surface area contributed by atoms with Crippen LogP contribution in [0.25, 0.3) is 77.5 Å². The minimum Gasteiger partial charge on any atom is -0.256 e. The van der Waals surface area contributed by atoms with E-state index in [9.17, 15) is 0 Å². The van der Waals surface area contributed by atoms with Crippen molar-refractivity contribution in [2.45, 2.75) is 0 Å². The Bertz CT molecular complexity index is 2240. The normalized spacial score (nSPS) is 11.3. The average molecular weight is 536 g/mol. The molecule has 2 heterocycles. The van der Waals surface area contributed by atoms with Gasteiger partial charge in [0.25, 0.3) is 0 Å². The highest BCUT2D eigenvalue weighted by atomic mass is 14.8. The second-order valence-corrected chi connectivity index (χ2v) is 10.4. The third-order valence-electron chi connectivity index (χ3n) is 7.95. The van der Waals surface area contributed by atoms with Gasteiger partial charge >= 0.3 is 0 Å². The second kappa shape index (κ2) is 10.1. The quantitative estimate of drug-likeness (QED) is 0.225. The maximum atomic E-state index is 5.20. The molecule has 0 saturated heterocycles. The third kappa shape index (κ3) is 4.03. The summed E-state index contributed by atoms with van der Waals surface area (Å²) in [6.45, 7) is 0. The van der Waals surface area contributed by atoms with Crippen molar-refractivity contribution < 1.29 is 0 Å². The van der Waals surface area contributed by atoms with Crippen LogP contribution in [0.15, 0.2) is 152 Å². The first-order valence-electron chi connectivity index (χ1n) is 14.1. The zero-order chi connectivity index (χ0) is 27.9. The van der Waals surface area contributed by atoms with Gasteiger partial charge in [-0.15, -0.1) is 0 Å². The molecule has 0 aliphatic rings. The van der Waals surface area contributed by atoms with E-state index in [2.05, 4.69) is 108 Å². The first-order valence-corrected chi connectivity index (χ1v) is 14.1. The minimum absolute atomic E-state index is 0.886. The molecule has 0 atom stereocenters. The van der Waals surface area contributed by atoms with Crippen LogP contribution in [0.2, 0.25) is 0 Å². The zero-order valence-electron chi connectivity index (χ0n) is 22.8. The van der Waals surface area contributed by atoms with Gasteiger partial charge in [-0.05, 0) is 56.9 Å². The fraction of sp³-hybridized carbons (Fsp3) is 0. The Hall–Kier alpha value is -5.67. The maximum absolute atomic E-state index is 5.20. The van der Waals surface area contributed by atoms with Crippen LogP contribution in [-0.2, 0) is 0 Å². The summed E-state index contributed by atoms with van der Waals surface area (Å²) in [5.74, 6) is 0. The predicted octanol–water partition coefficient (Wildman–Crippen LogP) is 10.00. The number of pyridine rings is 1. The summed E-state index contributed by atoms with van der Waals surface area (Å²) in [5, 5.41) is 4.72. The molecule has 0 bridgehead atoms. The Morgan fingerprint density at radius 3 is 1.57 bits per heavy atom. The maximum Gasteiger partial charge on any atom is 0.0979 e. The number of aromatic nitrogens is 3. The van der Waals surface area contributed by atoms with Gasteiger partial charge in [-0.1, -0.05) is 121 Å². The van der Waals surface area contributed by atoms with E-state index in [4.69, 9.17) is 9.97 Å². The molecule has 0 amide bonds. The molecule has 6 aromatic carbocycles. The van der Waals surface area contributed by atoms with E-state index in [0.29, 0.717) is 0 Å². The van der Waals surface area contributed by atoms with Gasteiger partial charge in [-0.25, -0.2) is 9.97 Å². The molecule has 8 rings (SSSR count). The van der Waals surface area contributed by atoms with Crippen molar-refractivity contribution in [1.29, 1.82) is 0 Å². The summed E-state index contributed by atoms with van der Waals surface area (Å²) < 4.78 is 0. The van der Waals surface area contributed by atoms with Crippen LogP contribution in [-0.4, -0.2) is 15.0 Å². The Morgan fingerprint density at radius 1 is 0.333 bits per heavy atom. The van der Waals surface area contributed by atoms with E-state index in [1.54, 1.807) is 0 Å². The summed E-state index contributed by atoms with van der Waals surface area (Å²) in [4.78, 5) is 15.0. The van der Waals surface area contributed by atoms with E-state index >= 15 is 0 Å². The summed E-state index contributed by atoms with van der Waals surface area (Å²) >= 11 is 0. The lowest BCUT2D eigenvalue weighted by Gasteiger charge is -2.16. The number of hydrogen-bond donors (Lipinski definition) is 0. The van der Waals surface area contributed by atoms with Crippen LogP contribution in [0.4, 0.5) is 0 Å². The van der Waals surface area contributed by atoms with Gasteiger partial charge in [-0.3, -0.25) is 4.98 Å². The molecule has 0 aliphatic heterocycles. The van der Waals surface area contributed by atoms with E-state index in [1.807, 2.05) is 48.7 Å². The van der Waals surface area contributed by atoms with Gasteiger partial charge in [0.05, 0.1) is 28.1 Å². The molecule has 0 N–H and O–H groups in total. The highest BCUT2D eigenvalue weighted by Crippen LogP contribution is 2.41. The number of benzene rings is 6. The summed E-state index contributed by atoms with van der Waals surface area (Å²) in [7, 11) is 0. The first kappa shape index (κ1) is 24.2. The van der Waals surface area contributed by atoms with Gasteiger partial charge < -0.3 is 0 Å². The van der Waals surface area contributed by atoms with E-state index in [1.165, 1.54) is 27.3 Å². The second-order valence-electron chi connectivity index (χ2n) is 10.4. The number of fused-ring (bicyclic) bond motifs is 3. The smallest absolute Gasteiger partial charge is 0.0979 e. The summed E-state index contributed by atoms with van der Waals surface area (Å²) in [6, 6.07) is 50.6. The number of para-hydroxylation sites is 2. The average Bonchev–Trinajstić information content (AvgIpc) is 3.07. The standard InChI is InChI=1S/C39H25N3/c1-2-12-26(13-3-1)38-39(42-37-22-7-6-21-36(37)41-38)34-19-11-17-28-29(16-10-18-31(28)34)32-23-24-33(35-20-8-9-25-40-35)30-15-5-4-14-27(30)32/h1-25H. The lowest BCUT2D eigenvalue weighted by Crippen LogP contribution is -1.96. The van der Waals surface area contributed by atoms with Crippen LogP contribution in [0.1, 0.15) is 0 Å². The minimum atomic E-state index is 0.886. The van der Waals surface area contributed by atoms with Crippen molar-refractivity contribution in [2.75, 3.05) is 0 Å². The summed E-state index contributed by atoms with van der Waals surface area (Å²) in [5.41, 5.74) is 10.2. The Labute approximate surface area is 243 Å². The van der Waals surface area contributed by atoms with Crippen LogP contribution >= 0.6 is 0 Å². The molecular formula is C39H25N3. The molecule has 0 fully saturated rings. The van der Waals surface area contributed by atoms with Crippen molar-refractivity contribution in [1.82, 2.24) is 15.0 Å². The lowest BCUT2D eigenvalue weighted by molar-refractivity contribution is 1.30. The lowest BCUT2D eigenvalue weighted by atomic mass is 9.89. The Balaban J connectivity index is 1.38. The van der Waals surface area contributed by atoms with Crippen molar-refractivity contribution in [3.05, 3.63) is 152 Å². The topological polar surface area (TPSA) is 38.7 Å². The fourth-order valence-electron chi connectivity index (χ4n) is 6.02. The number of hydrogen-bond acceptors (Lipinski definition) is 3. The molecule has 0 unspecified atom stereocenters. The van der Waals surface area contributed by atoms with Crippen molar-refractivity contribution in [3.8, 4) is 44.9 Å². The highest BCUT2D eigenvalue weighted by Gasteiger charge is 2.18. The molecule has 0 aliphatic carbocycles. The van der Waals surface area contributed by atoms with Crippen LogP contribution in [0, 0.1) is 0 Å². The van der Waals surface area contributed by atoms with Crippen LogP contribution in [0.3, 0.4) is 0 Å². The molecule has 2 aromatic heterocycles. The molecule has 0 radical (unpaired) electrons. The Morgan fingerprint density at radius 2 is 0.857 bits per heavy atom. The van der Waals surface area contributed by atoms with Gasteiger partial charge in [0.2, 0.25) is 0 Å². The van der Waals surface area contributed by atoms with Crippen molar-refractivity contribution in [3.63, 3.8) is 0 Å². The van der Waals surface area contributed by atoms with Crippen molar-refractivity contribution in [2.24, 2.45) is 0 Å². The number of rotatable bonds is 4. The highest BCUT2D eigenvalue weighted by molar-refractivity contribution is 6.12. The first-order chi connectivity index (χ1) is 20.8. The molecule has 196 valence electrons. The molecule has 0 spiro atoms. The van der Waals surface area contributed by atoms with Gasteiger partial charge in [-0.2, -0.15) is 0 Å². The number of nitrogens with zero attached hydrogens (tertiary/aromatic N) is 3. The Kier molecular flexibility index (Phi) is 5.79. The molecule has 8 aromatic rings. The molecule has 3 heteroatoms. The van der Waals surface area contributed by atoms with Gasteiger partial charge in [0.15, 0.2) is 0 Å². The predicted molar refractivity (Wildman–Crippen MR) is 174 cm³/mol. The van der Waals surface area contributed by atoms with E-state index in [-0.39, 0.29) is 0 Å². The largest absolute Gasteiger partial charge is 0.256 e. The molecule has 0 saturated carbocycles. The molecular weight excluding hydrogens is 510 g/mol. The van der Waals surface area contributed by atoms with Gasteiger partial charge in [0, 0.05) is 22.9 Å². The fourth-order valence-corrected chi connectivity index (χ4v) is 6.02. The van der Waals surface area contributed by atoms with Crippen LogP contribution < -0.4 is 0 Å². The van der Waals surface area contributed by atoms with E-state index in [0.717, 1.165) is 50.2 Å². The SMILES string of the molecule is c1ccc(-c2nc3ccccc3nc2-c2cccc3c(-c4ccc(-c5ccccn5)c5ccccc45)cccc23)cc1. The monoisotopic (exact) mass is 535 g/mol. The molecule has 42 heavy (non-hydrogen) atoms. The van der Waals surface area contributed by atoms with Crippen molar-refractivity contribution >= 4 is 32.6 Å². The van der Waals surface area contributed by atoms with Crippen LogP contribution in [0.5, 0.6) is 0 Å². The molecule has 3 nitrogen and oxygen atoms in total.